The number of hydrogen-bond acceptors (Lipinski definition) is 5. The zero-order valence-electron chi connectivity index (χ0n) is 12.0. The van der Waals surface area contributed by atoms with Crippen molar-refractivity contribution in [3.05, 3.63) is 30.3 Å². The number of aromatic nitrogens is 4. The molecular weight excluding hydrogens is 268 g/mol. The molecule has 0 aliphatic carbocycles. The number of benzene rings is 1. The van der Waals surface area contributed by atoms with Crippen LogP contribution in [0.4, 0.5) is 0 Å². The minimum Gasteiger partial charge on any atom is -0.343 e. The van der Waals surface area contributed by atoms with E-state index in [4.69, 9.17) is 5.26 Å². The first-order valence-electron chi connectivity index (χ1n) is 6.57. The third kappa shape index (κ3) is 3.86. The summed E-state index contributed by atoms with van der Waals surface area (Å²) in [5.41, 5.74) is 0.850. The summed E-state index contributed by atoms with van der Waals surface area (Å²) in [5.74, 6) is 0.119. The van der Waals surface area contributed by atoms with Crippen LogP contribution in [0.15, 0.2) is 30.3 Å². The molecule has 0 radical (unpaired) electrons. The summed E-state index contributed by atoms with van der Waals surface area (Å²) in [6, 6.07) is 11.5. The van der Waals surface area contributed by atoms with E-state index in [1.807, 2.05) is 30.3 Å². The predicted molar refractivity (Wildman–Crippen MR) is 75.7 cm³/mol. The number of hydrogen-bond donors (Lipinski definition) is 0. The van der Waals surface area contributed by atoms with Gasteiger partial charge in [0.2, 0.25) is 11.7 Å². The van der Waals surface area contributed by atoms with Gasteiger partial charge in [0.05, 0.1) is 12.0 Å². The van der Waals surface area contributed by atoms with Crippen molar-refractivity contribution in [1.82, 2.24) is 25.1 Å². The highest BCUT2D eigenvalue weighted by molar-refractivity contribution is 5.75. The highest BCUT2D eigenvalue weighted by Gasteiger charge is 2.14. The fourth-order valence-corrected chi connectivity index (χ4v) is 1.81. The van der Waals surface area contributed by atoms with Crippen molar-refractivity contribution in [3.8, 4) is 17.5 Å². The lowest BCUT2D eigenvalue weighted by Crippen LogP contribution is -2.34. The second kappa shape index (κ2) is 6.61. The smallest absolute Gasteiger partial charge is 0.246 e. The molecule has 0 spiro atoms. The minimum atomic E-state index is -0.206. The van der Waals surface area contributed by atoms with Gasteiger partial charge in [-0.1, -0.05) is 30.3 Å². The summed E-state index contributed by atoms with van der Waals surface area (Å²) >= 11 is 0. The topological polar surface area (TPSA) is 87.7 Å². The third-order valence-electron chi connectivity index (χ3n) is 2.96. The van der Waals surface area contributed by atoms with Crippen molar-refractivity contribution in [1.29, 1.82) is 5.26 Å². The van der Waals surface area contributed by atoms with Crippen molar-refractivity contribution >= 4 is 5.91 Å². The van der Waals surface area contributed by atoms with Crippen LogP contribution in [-0.2, 0) is 11.3 Å². The molecule has 1 aromatic heterocycles. The van der Waals surface area contributed by atoms with Gasteiger partial charge in [-0.05, 0) is 12.1 Å². The quantitative estimate of drug-likeness (QED) is 0.816. The maximum absolute atomic E-state index is 12.0. The summed E-state index contributed by atoms with van der Waals surface area (Å²) in [6.07, 6.45) is 0. The Labute approximate surface area is 122 Å². The molecule has 0 unspecified atom stereocenters. The molecule has 0 aliphatic rings. The number of amides is 1. The van der Waals surface area contributed by atoms with Crippen LogP contribution in [-0.4, -0.2) is 44.6 Å². The maximum atomic E-state index is 12.0. The lowest BCUT2D eigenvalue weighted by atomic mass is 10.2. The minimum absolute atomic E-state index is 0.00841. The van der Waals surface area contributed by atoms with Crippen LogP contribution < -0.4 is 0 Å². The Morgan fingerprint density at radius 2 is 2.14 bits per heavy atom. The van der Waals surface area contributed by atoms with Gasteiger partial charge in [0.25, 0.3) is 0 Å². The second-order valence-electron chi connectivity index (χ2n) is 4.81. The average Bonchev–Trinajstić information content (AvgIpc) is 2.96. The number of tetrazole rings is 1. The maximum Gasteiger partial charge on any atom is 0.246 e. The van der Waals surface area contributed by atoms with Crippen LogP contribution in [0.25, 0.3) is 11.4 Å². The number of nitriles is 1. The van der Waals surface area contributed by atoms with Gasteiger partial charge < -0.3 is 4.90 Å². The van der Waals surface area contributed by atoms with E-state index >= 15 is 0 Å². The van der Waals surface area contributed by atoms with E-state index in [1.165, 1.54) is 9.70 Å². The summed E-state index contributed by atoms with van der Waals surface area (Å²) < 4.78 is 0. The van der Waals surface area contributed by atoms with E-state index in [9.17, 15) is 4.79 Å². The summed E-state index contributed by atoms with van der Waals surface area (Å²) in [6.45, 7) is 2.16. The van der Waals surface area contributed by atoms with Gasteiger partial charge in [-0.25, -0.2) is 0 Å². The van der Waals surface area contributed by atoms with Gasteiger partial charge in [-0.15, -0.1) is 10.2 Å². The number of rotatable bonds is 5. The first-order valence-corrected chi connectivity index (χ1v) is 6.57. The Kier molecular flexibility index (Phi) is 4.61. The normalized spacial score (nSPS) is 11.7. The SMILES string of the molecule is C[C@H](C#N)CN(C)C(=O)Cn1nnc(-c2ccccc2)n1. The van der Waals surface area contributed by atoms with Crippen LogP contribution in [0.2, 0.25) is 0 Å². The summed E-state index contributed by atoms with van der Waals surface area (Å²) in [4.78, 5) is 14.8. The highest BCUT2D eigenvalue weighted by Crippen LogP contribution is 2.11. The van der Waals surface area contributed by atoms with E-state index in [0.29, 0.717) is 12.4 Å². The van der Waals surface area contributed by atoms with E-state index in [2.05, 4.69) is 21.5 Å². The molecule has 0 saturated carbocycles. The zero-order valence-corrected chi connectivity index (χ0v) is 12.0. The van der Waals surface area contributed by atoms with Crippen LogP contribution in [0.3, 0.4) is 0 Å². The van der Waals surface area contributed by atoms with E-state index in [1.54, 1.807) is 14.0 Å². The van der Waals surface area contributed by atoms with E-state index in [0.717, 1.165) is 5.56 Å². The standard InChI is InChI=1S/C14H16N6O/c1-11(8-15)9-19(2)13(21)10-20-17-14(16-18-20)12-6-4-3-5-7-12/h3-7,11H,9-10H2,1-2H3/t11-/m1/s1. The van der Waals surface area contributed by atoms with Gasteiger partial charge >= 0.3 is 0 Å². The lowest BCUT2D eigenvalue weighted by molar-refractivity contribution is -0.131. The number of carbonyl (C=O) groups excluding carboxylic acids is 1. The Morgan fingerprint density at radius 1 is 1.43 bits per heavy atom. The Hall–Kier alpha value is -2.75. The Morgan fingerprint density at radius 3 is 2.81 bits per heavy atom. The summed E-state index contributed by atoms with van der Waals surface area (Å²) in [5, 5.41) is 20.8. The molecule has 108 valence electrons. The molecule has 0 N–H and O–H groups in total. The van der Waals surface area contributed by atoms with Gasteiger partial charge in [-0.2, -0.15) is 10.1 Å². The first-order chi connectivity index (χ1) is 10.1. The predicted octanol–water partition coefficient (Wildman–Crippen LogP) is 0.958. The van der Waals surface area contributed by atoms with E-state index in [-0.39, 0.29) is 18.4 Å². The summed E-state index contributed by atoms with van der Waals surface area (Å²) in [7, 11) is 1.66. The second-order valence-corrected chi connectivity index (χ2v) is 4.81. The molecule has 2 aromatic rings. The van der Waals surface area contributed by atoms with Crippen LogP contribution in [0.1, 0.15) is 6.92 Å². The largest absolute Gasteiger partial charge is 0.343 e. The monoisotopic (exact) mass is 284 g/mol. The molecule has 1 atom stereocenters. The van der Waals surface area contributed by atoms with Crippen LogP contribution in [0.5, 0.6) is 0 Å². The molecule has 0 aliphatic heterocycles. The molecule has 0 saturated heterocycles. The van der Waals surface area contributed by atoms with E-state index < -0.39 is 0 Å². The van der Waals surface area contributed by atoms with Crippen molar-refractivity contribution in [2.24, 2.45) is 5.92 Å². The molecule has 1 amide bonds. The number of carbonyl (C=O) groups is 1. The van der Waals surface area contributed by atoms with Crippen molar-refractivity contribution < 1.29 is 4.79 Å². The Balaban J connectivity index is 2.00. The van der Waals surface area contributed by atoms with Crippen molar-refractivity contribution in [3.63, 3.8) is 0 Å². The van der Waals surface area contributed by atoms with Crippen molar-refractivity contribution in [2.75, 3.05) is 13.6 Å². The molecule has 1 heterocycles. The molecule has 0 bridgehead atoms. The van der Waals surface area contributed by atoms with Crippen LogP contribution >= 0.6 is 0 Å². The molecule has 2 rings (SSSR count). The average molecular weight is 284 g/mol. The third-order valence-corrected chi connectivity index (χ3v) is 2.96. The Bertz CT molecular complexity index is 645. The fraction of sp³-hybridized carbons (Fsp3) is 0.357. The molecule has 1 aromatic carbocycles. The molecular formula is C14H16N6O. The highest BCUT2D eigenvalue weighted by atomic mass is 16.2. The van der Waals surface area contributed by atoms with Gasteiger partial charge in [0, 0.05) is 19.2 Å². The van der Waals surface area contributed by atoms with Crippen molar-refractivity contribution in [2.45, 2.75) is 13.5 Å². The van der Waals surface area contributed by atoms with Gasteiger partial charge in [0.1, 0.15) is 6.54 Å². The number of likely N-dealkylation sites (N-methyl/N-ethyl adjacent to an activating group) is 1. The first kappa shape index (κ1) is 14.7. The molecule has 0 fully saturated rings. The van der Waals surface area contributed by atoms with Gasteiger partial charge in [-0.3, -0.25) is 4.79 Å². The number of nitrogens with zero attached hydrogens (tertiary/aromatic N) is 6. The molecule has 7 nitrogen and oxygen atoms in total. The molecule has 21 heavy (non-hydrogen) atoms. The lowest BCUT2D eigenvalue weighted by Gasteiger charge is -2.17. The zero-order chi connectivity index (χ0) is 15.2. The van der Waals surface area contributed by atoms with Gasteiger partial charge in [0.15, 0.2) is 0 Å². The van der Waals surface area contributed by atoms with Crippen LogP contribution in [0, 0.1) is 17.2 Å². The fourth-order valence-electron chi connectivity index (χ4n) is 1.81. The molecule has 7 heteroatoms.